The van der Waals surface area contributed by atoms with Gasteiger partial charge in [0.1, 0.15) is 5.41 Å². The van der Waals surface area contributed by atoms with Crippen molar-refractivity contribution in [2.45, 2.75) is 52.4 Å². The largest absolute Gasteiger partial charge is 0.354 e. The Morgan fingerprint density at radius 2 is 1.88 bits per heavy atom. The van der Waals surface area contributed by atoms with Crippen molar-refractivity contribution >= 4 is 5.91 Å². The van der Waals surface area contributed by atoms with Crippen molar-refractivity contribution in [2.75, 3.05) is 6.54 Å². The molecule has 0 saturated heterocycles. The topological polar surface area (TPSA) is 52.9 Å². The molecule has 2 aliphatic carbocycles. The van der Waals surface area contributed by atoms with E-state index in [4.69, 9.17) is 0 Å². The molecule has 0 radical (unpaired) electrons. The fraction of sp³-hybridized carbons (Fsp3) is 0.857. The van der Waals surface area contributed by atoms with E-state index in [0.717, 1.165) is 32.2 Å². The van der Waals surface area contributed by atoms with Crippen LogP contribution in [0.5, 0.6) is 0 Å². The zero-order valence-corrected chi connectivity index (χ0v) is 10.9. The van der Waals surface area contributed by atoms with Gasteiger partial charge in [-0.2, -0.15) is 5.26 Å². The molecule has 3 heteroatoms. The lowest BCUT2D eigenvalue weighted by molar-refractivity contribution is -0.128. The van der Waals surface area contributed by atoms with Crippen LogP contribution in [0.25, 0.3) is 0 Å². The maximum atomic E-state index is 12.2. The van der Waals surface area contributed by atoms with Crippen molar-refractivity contribution in [1.29, 1.82) is 5.26 Å². The first-order valence-electron chi connectivity index (χ1n) is 6.74. The van der Waals surface area contributed by atoms with Gasteiger partial charge in [-0.05, 0) is 37.0 Å². The minimum Gasteiger partial charge on any atom is -0.354 e. The second kappa shape index (κ2) is 4.33. The quantitative estimate of drug-likeness (QED) is 0.813. The summed E-state index contributed by atoms with van der Waals surface area (Å²) in [5, 5.41) is 12.3. The van der Waals surface area contributed by atoms with Crippen LogP contribution in [0.4, 0.5) is 0 Å². The van der Waals surface area contributed by atoms with Gasteiger partial charge in [-0.3, -0.25) is 4.79 Å². The molecule has 0 heterocycles. The Morgan fingerprint density at radius 1 is 1.29 bits per heavy atom. The number of nitrogens with zero attached hydrogens (tertiary/aromatic N) is 1. The first kappa shape index (κ1) is 12.4. The molecule has 1 N–H and O–H groups in total. The van der Waals surface area contributed by atoms with Gasteiger partial charge in [-0.25, -0.2) is 0 Å². The average molecular weight is 234 g/mol. The molecule has 0 spiro atoms. The molecule has 0 aliphatic heterocycles. The highest BCUT2D eigenvalue weighted by molar-refractivity contribution is 5.85. The van der Waals surface area contributed by atoms with Crippen LogP contribution in [-0.4, -0.2) is 12.5 Å². The fourth-order valence-corrected chi connectivity index (χ4v) is 2.91. The maximum absolute atomic E-state index is 12.2. The van der Waals surface area contributed by atoms with Crippen molar-refractivity contribution in [3.05, 3.63) is 0 Å². The highest BCUT2D eigenvalue weighted by Crippen LogP contribution is 2.51. The summed E-state index contributed by atoms with van der Waals surface area (Å²) >= 11 is 0. The van der Waals surface area contributed by atoms with E-state index < -0.39 is 5.41 Å². The predicted octanol–water partition coefficient (Wildman–Crippen LogP) is 2.62. The van der Waals surface area contributed by atoms with Crippen LogP contribution in [0.1, 0.15) is 52.4 Å². The molecule has 2 saturated carbocycles. The van der Waals surface area contributed by atoms with E-state index in [1.165, 1.54) is 12.8 Å². The van der Waals surface area contributed by atoms with Gasteiger partial charge in [0.2, 0.25) is 5.91 Å². The summed E-state index contributed by atoms with van der Waals surface area (Å²) in [4.78, 5) is 12.2. The highest BCUT2D eigenvalue weighted by Gasteiger charge is 2.47. The number of nitriles is 1. The van der Waals surface area contributed by atoms with Gasteiger partial charge in [0.25, 0.3) is 0 Å². The Kier molecular flexibility index (Phi) is 3.16. The molecule has 1 amide bonds. The van der Waals surface area contributed by atoms with E-state index in [2.05, 4.69) is 25.2 Å². The molecule has 0 atom stereocenters. The van der Waals surface area contributed by atoms with Crippen LogP contribution < -0.4 is 5.32 Å². The Labute approximate surface area is 104 Å². The molecule has 3 nitrogen and oxygen atoms in total. The van der Waals surface area contributed by atoms with Crippen LogP contribution in [0.3, 0.4) is 0 Å². The van der Waals surface area contributed by atoms with Crippen molar-refractivity contribution < 1.29 is 4.79 Å². The summed E-state index contributed by atoms with van der Waals surface area (Å²) in [6, 6.07) is 2.25. The van der Waals surface area contributed by atoms with E-state index in [9.17, 15) is 10.1 Å². The molecule has 2 fully saturated rings. The fourth-order valence-electron chi connectivity index (χ4n) is 2.91. The van der Waals surface area contributed by atoms with Gasteiger partial charge in [0.05, 0.1) is 6.07 Å². The minimum absolute atomic E-state index is 0.0237. The second-order valence-corrected chi connectivity index (χ2v) is 6.10. The van der Waals surface area contributed by atoms with Gasteiger partial charge in [-0.1, -0.05) is 26.7 Å². The molecule has 2 aliphatic rings. The number of hydrogen-bond donors (Lipinski definition) is 1. The molecule has 0 unspecified atom stereocenters. The van der Waals surface area contributed by atoms with Crippen LogP contribution in [0.15, 0.2) is 0 Å². The summed E-state index contributed by atoms with van der Waals surface area (Å²) < 4.78 is 0. The van der Waals surface area contributed by atoms with Crippen LogP contribution in [-0.2, 0) is 4.79 Å². The Bertz CT molecular complexity index is 344. The molecule has 2 rings (SSSR count). The Hall–Kier alpha value is -1.04. The molecule has 0 aromatic carbocycles. The SMILES string of the molecule is CC(C)C1(CNC(=O)C2(C#N)CCCC2)CC1. The third kappa shape index (κ3) is 2.18. The lowest BCUT2D eigenvalue weighted by Crippen LogP contribution is -2.41. The van der Waals surface area contributed by atoms with E-state index in [1.807, 2.05) is 0 Å². The van der Waals surface area contributed by atoms with Gasteiger partial charge < -0.3 is 5.32 Å². The number of nitrogens with one attached hydrogen (secondary N) is 1. The van der Waals surface area contributed by atoms with Crippen LogP contribution in [0.2, 0.25) is 0 Å². The molecule has 0 aromatic rings. The summed E-state index contributed by atoms with van der Waals surface area (Å²) in [6.07, 6.45) is 5.93. The second-order valence-electron chi connectivity index (χ2n) is 6.10. The van der Waals surface area contributed by atoms with E-state index in [-0.39, 0.29) is 5.91 Å². The number of carbonyl (C=O) groups excluding carboxylic acids is 1. The monoisotopic (exact) mass is 234 g/mol. The van der Waals surface area contributed by atoms with Crippen molar-refractivity contribution in [1.82, 2.24) is 5.32 Å². The molecule has 0 bridgehead atoms. The van der Waals surface area contributed by atoms with Gasteiger partial charge >= 0.3 is 0 Å². The summed E-state index contributed by atoms with van der Waals surface area (Å²) in [5.41, 5.74) is -0.391. The number of carbonyl (C=O) groups is 1. The number of amides is 1. The van der Waals surface area contributed by atoms with E-state index in [1.54, 1.807) is 0 Å². The Balaban J connectivity index is 1.92. The van der Waals surface area contributed by atoms with E-state index >= 15 is 0 Å². The van der Waals surface area contributed by atoms with Crippen LogP contribution >= 0.6 is 0 Å². The average Bonchev–Trinajstić information content (AvgIpc) is 2.96. The Morgan fingerprint density at radius 3 is 2.29 bits per heavy atom. The standard InChI is InChI=1S/C14H22N2O/c1-11(2)14(7-8-14)10-16-12(17)13(9-15)5-3-4-6-13/h11H,3-8,10H2,1-2H3,(H,16,17). The molecular formula is C14H22N2O. The highest BCUT2D eigenvalue weighted by atomic mass is 16.2. The third-order valence-electron chi connectivity index (χ3n) is 4.82. The molecule has 94 valence electrons. The van der Waals surface area contributed by atoms with Crippen molar-refractivity contribution in [2.24, 2.45) is 16.7 Å². The first-order chi connectivity index (χ1) is 8.05. The smallest absolute Gasteiger partial charge is 0.240 e. The zero-order chi connectivity index (χ0) is 12.5. The van der Waals surface area contributed by atoms with Crippen molar-refractivity contribution in [3.63, 3.8) is 0 Å². The van der Waals surface area contributed by atoms with Gasteiger partial charge in [0.15, 0.2) is 0 Å². The van der Waals surface area contributed by atoms with Gasteiger partial charge in [0, 0.05) is 6.54 Å². The maximum Gasteiger partial charge on any atom is 0.240 e. The number of rotatable bonds is 4. The normalized spacial score (nSPS) is 24.4. The summed E-state index contributed by atoms with van der Waals surface area (Å²) in [6.45, 7) is 5.19. The molecule has 17 heavy (non-hydrogen) atoms. The molecule has 0 aromatic heterocycles. The third-order valence-corrected chi connectivity index (χ3v) is 4.82. The summed E-state index contributed by atoms with van der Waals surface area (Å²) in [5.74, 6) is 0.592. The zero-order valence-electron chi connectivity index (χ0n) is 10.9. The van der Waals surface area contributed by atoms with Crippen LogP contribution in [0, 0.1) is 28.1 Å². The van der Waals surface area contributed by atoms with Crippen molar-refractivity contribution in [3.8, 4) is 6.07 Å². The number of hydrogen-bond acceptors (Lipinski definition) is 2. The molecular weight excluding hydrogens is 212 g/mol. The summed E-state index contributed by atoms with van der Waals surface area (Å²) in [7, 11) is 0. The lowest BCUT2D eigenvalue weighted by Gasteiger charge is -2.24. The predicted molar refractivity (Wildman–Crippen MR) is 66.0 cm³/mol. The van der Waals surface area contributed by atoms with Gasteiger partial charge in [-0.15, -0.1) is 0 Å². The lowest BCUT2D eigenvalue weighted by atomic mass is 9.86. The minimum atomic E-state index is -0.715. The first-order valence-corrected chi connectivity index (χ1v) is 6.74. The van der Waals surface area contributed by atoms with E-state index in [0.29, 0.717) is 11.3 Å².